The summed E-state index contributed by atoms with van der Waals surface area (Å²) in [5, 5.41) is 12.1. The van der Waals surface area contributed by atoms with Gasteiger partial charge in [-0.2, -0.15) is 4.74 Å². The maximum Gasteiger partial charge on any atom is 0.216 e. The second kappa shape index (κ2) is 6.26. The highest BCUT2D eigenvalue weighted by molar-refractivity contribution is 5.76. The Morgan fingerprint density at radius 2 is 1.82 bits per heavy atom. The van der Waals surface area contributed by atoms with Gasteiger partial charge in [0, 0.05) is 36.6 Å². The molecule has 0 radical (unpaired) electrons. The molecule has 0 aliphatic rings. The van der Waals surface area contributed by atoms with E-state index in [1.165, 1.54) is 0 Å². The summed E-state index contributed by atoms with van der Waals surface area (Å²) in [4.78, 5) is 4.21. The van der Waals surface area contributed by atoms with Crippen LogP contribution in [0.3, 0.4) is 0 Å². The third-order valence-electron chi connectivity index (χ3n) is 3.53. The molecule has 0 aliphatic heterocycles. The molecule has 2 aromatic carbocycles. The molecule has 1 heterocycles. The Morgan fingerprint density at radius 3 is 2.45 bits per heavy atom. The molecule has 0 saturated heterocycles. The summed E-state index contributed by atoms with van der Waals surface area (Å²) in [7, 11) is 0. The highest BCUT2D eigenvalue weighted by Gasteiger charge is 2.04. The highest BCUT2D eigenvalue weighted by atomic mass is 16.5. The van der Waals surface area contributed by atoms with Crippen molar-refractivity contribution in [2.75, 3.05) is 0 Å². The van der Waals surface area contributed by atoms with Crippen LogP contribution in [0.25, 0.3) is 0 Å². The fourth-order valence-corrected chi connectivity index (χ4v) is 2.26. The molecular formula is C18H17N3O. The van der Waals surface area contributed by atoms with Crippen molar-refractivity contribution in [2.24, 2.45) is 0 Å². The van der Waals surface area contributed by atoms with E-state index in [2.05, 4.69) is 9.55 Å². The van der Waals surface area contributed by atoms with E-state index in [1.54, 1.807) is 12.4 Å². The van der Waals surface area contributed by atoms with Crippen LogP contribution in [-0.2, 0) is 6.54 Å². The third kappa shape index (κ3) is 3.23. The summed E-state index contributed by atoms with van der Waals surface area (Å²) in [5.74, 6) is 0.979. The van der Waals surface area contributed by atoms with Gasteiger partial charge < -0.3 is 9.77 Å². The first kappa shape index (κ1) is 14.1. The summed E-state index contributed by atoms with van der Waals surface area (Å²) >= 11 is 0. The Balaban J connectivity index is 1.76. The predicted octanol–water partition coefficient (Wildman–Crippen LogP) is 3.50. The van der Waals surface area contributed by atoms with Crippen molar-refractivity contribution in [3.63, 3.8) is 0 Å². The quantitative estimate of drug-likeness (QED) is 0.319. The molecule has 3 aromatic rings. The third-order valence-corrected chi connectivity index (χ3v) is 3.53. The molecule has 1 aromatic heterocycles. The Labute approximate surface area is 129 Å². The monoisotopic (exact) mass is 291 g/mol. The minimum absolute atomic E-state index is 0.620. The summed E-state index contributed by atoms with van der Waals surface area (Å²) in [6.45, 7) is 2.73. The standard InChI is InChI=1S/C18H17N3O/c1-15-19-11-12-20(15)13-17-7-9-18(10-8-17)21(22)14-16-5-3-2-4-6-16/h2-12,14H,13H2,1H3/b21-14-. The second-order valence-electron chi connectivity index (χ2n) is 5.13. The highest BCUT2D eigenvalue weighted by Crippen LogP contribution is 2.14. The van der Waals surface area contributed by atoms with Crippen molar-refractivity contribution in [1.29, 1.82) is 0 Å². The van der Waals surface area contributed by atoms with Gasteiger partial charge in [-0.25, -0.2) is 4.98 Å². The van der Waals surface area contributed by atoms with E-state index in [-0.39, 0.29) is 0 Å². The van der Waals surface area contributed by atoms with Crippen LogP contribution in [-0.4, -0.2) is 20.5 Å². The molecule has 0 unspecified atom stereocenters. The first-order valence-corrected chi connectivity index (χ1v) is 7.15. The van der Waals surface area contributed by atoms with Crippen LogP contribution in [0.15, 0.2) is 67.0 Å². The van der Waals surface area contributed by atoms with E-state index in [9.17, 15) is 5.21 Å². The molecule has 0 atom stereocenters. The first-order chi connectivity index (χ1) is 10.7. The van der Waals surface area contributed by atoms with Gasteiger partial charge in [0.2, 0.25) is 5.69 Å². The van der Waals surface area contributed by atoms with E-state index < -0.39 is 0 Å². The van der Waals surface area contributed by atoms with Crippen molar-refractivity contribution >= 4 is 11.9 Å². The number of imidazole rings is 1. The Bertz CT molecular complexity index is 774. The zero-order valence-electron chi connectivity index (χ0n) is 12.4. The van der Waals surface area contributed by atoms with Crippen molar-refractivity contribution in [2.45, 2.75) is 13.5 Å². The molecule has 4 nitrogen and oxygen atoms in total. The fraction of sp³-hybridized carbons (Fsp3) is 0.111. The topological polar surface area (TPSA) is 43.9 Å². The molecule has 3 rings (SSSR count). The minimum Gasteiger partial charge on any atom is -0.618 e. The van der Waals surface area contributed by atoms with Crippen LogP contribution < -0.4 is 0 Å². The number of hydrogen-bond donors (Lipinski definition) is 0. The zero-order valence-corrected chi connectivity index (χ0v) is 12.4. The van der Waals surface area contributed by atoms with Crippen molar-refractivity contribution in [1.82, 2.24) is 9.55 Å². The van der Waals surface area contributed by atoms with Crippen molar-refractivity contribution in [3.8, 4) is 0 Å². The number of nitrogens with zero attached hydrogens (tertiary/aromatic N) is 3. The molecule has 0 aliphatic carbocycles. The van der Waals surface area contributed by atoms with E-state index in [0.717, 1.165) is 28.2 Å². The van der Waals surface area contributed by atoms with Crippen LogP contribution in [0.2, 0.25) is 0 Å². The molecule has 0 bridgehead atoms. The summed E-state index contributed by atoms with van der Waals surface area (Å²) in [6.07, 6.45) is 5.32. The molecule has 0 saturated carbocycles. The Hall–Kier alpha value is -2.88. The smallest absolute Gasteiger partial charge is 0.216 e. The van der Waals surface area contributed by atoms with Gasteiger partial charge in [-0.3, -0.25) is 0 Å². The Kier molecular flexibility index (Phi) is 4.01. The number of aryl methyl sites for hydroxylation is 1. The van der Waals surface area contributed by atoms with E-state index in [4.69, 9.17) is 0 Å². The molecule has 110 valence electrons. The summed E-state index contributed by atoms with van der Waals surface area (Å²) < 4.78 is 2.96. The van der Waals surface area contributed by atoms with Gasteiger partial charge in [0.15, 0.2) is 6.21 Å². The van der Waals surface area contributed by atoms with Gasteiger partial charge in [-0.05, 0) is 24.6 Å². The summed E-state index contributed by atoms with van der Waals surface area (Å²) in [6, 6.07) is 17.2. The normalized spacial score (nSPS) is 11.6. The van der Waals surface area contributed by atoms with Crippen LogP contribution in [0.5, 0.6) is 0 Å². The van der Waals surface area contributed by atoms with Crippen LogP contribution in [0.1, 0.15) is 17.0 Å². The van der Waals surface area contributed by atoms with Crippen molar-refractivity contribution < 1.29 is 4.74 Å². The molecule has 0 spiro atoms. The lowest BCUT2D eigenvalue weighted by atomic mass is 10.2. The fourth-order valence-electron chi connectivity index (χ4n) is 2.26. The lowest BCUT2D eigenvalue weighted by Crippen LogP contribution is -2.02. The lowest BCUT2D eigenvalue weighted by molar-refractivity contribution is -0.354. The summed E-state index contributed by atoms with van der Waals surface area (Å²) in [5.41, 5.74) is 2.64. The van der Waals surface area contributed by atoms with Gasteiger partial charge in [0.25, 0.3) is 0 Å². The number of rotatable bonds is 4. The number of hydrogen-bond acceptors (Lipinski definition) is 2. The molecule has 0 N–H and O–H groups in total. The largest absolute Gasteiger partial charge is 0.618 e. The van der Waals surface area contributed by atoms with Gasteiger partial charge in [-0.1, -0.05) is 30.3 Å². The molecule has 0 amide bonds. The molecule has 4 heteroatoms. The average Bonchev–Trinajstić information content (AvgIpc) is 2.94. The van der Waals surface area contributed by atoms with Gasteiger partial charge >= 0.3 is 0 Å². The number of benzene rings is 2. The van der Waals surface area contributed by atoms with Crippen LogP contribution in [0.4, 0.5) is 5.69 Å². The van der Waals surface area contributed by atoms with E-state index in [1.807, 2.05) is 67.7 Å². The first-order valence-electron chi connectivity index (χ1n) is 7.15. The lowest BCUT2D eigenvalue weighted by Gasteiger charge is -2.07. The van der Waals surface area contributed by atoms with E-state index >= 15 is 0 Å². The SMILES string of the molecule is Cc1nccn1Cc1ccc(/[N+]([O-])=C/c2ccccc2)cc1. The average molecular weight is 291 g/mol. The van der Waals surface area contributed by atoms with Gasteiger partial charge in [0.05, 0.1) is 0 Å². The molecular weight excluding hydrogens is 274 g/mol. The second-order valence-corrected chi connectivity index (χ2v) is 5.13. The van der Waals surface area contributed by atoms with Crippen LogP contribution in [0, 0.1) is 12.1 Å². The van der Waals surface area contributed by atoms with E-state index in [0.29, 0.717) is 5.69 Å². The van der Waals surface area contributed by atoms with Gasteiger partial charge in [-0.15, -0.1) is 0 Å². The Morgan fingerprint density at radius 1 is 1.09 bits per heavy atom. The van der Waals surface area contributed by atoms with Gasteiger partial charge in [0.1, 0.15) is 5.82 Å². The maximum absolute atomic E-state index is 12.1. The van der Waals surface area contributed by atoms with Crippen LogP contribution >= 0.6 is 0 Å². The number of aromatic nitrogens is 2. The minimum atomic E-state index is 0.620. The molecule has 22 heavy (non-hydrogen) atoms. The predicted molar refractivity (Wildman–Crippen MR) is 87.4 cm³/mol. The maximum atomic E-state index is 12.1. The zero-order chi connectivity index (χ0) is 15.4. The molecule has 0 fully saturated rings. The van der Waals surface area contributed by atoms with Crippen molar-refractivity contribution in [3.05, 3.63) is 89.1 Å².